The SMILES string of the molecule is O=C(Nc1ncc(Cc2cccc(F)c2)s1)C1(O)CC1. The normalized spacial score (nSPS) is 15.9. The van der Waals surface area contributed by atoms with E-state index in [2.05, 4.69) is 10.3 Å². The number of nitrogens with one attached hydrogen (secondary N) is 1. The van der Waals surface area contributed by atoms with Crippen LogP contribution in [0.25, 0.3) is 0 Å². The van der Waals surface area contributed by atoms with E-state index < -0.39 is 11.5 Å². The van der Waals surface area contributed by atoms with Gasteiger partial charge in [0.1, 0.15) is 11.4 Å². The van der Waals surface area contributed by atoms with Gasteiger partial charge >= 0.3 is 0 Å². The summed E-state index contributed by atoms with van der Waals surface area (Å²) in [4.78, 5) is 16.7. The van der Waals surface area contributed by atoms with Gasteiger partial charge in [0.2, 0.25) is 0 Å². The van der Waals surface area contributed by atoms with Crippen molar-refractivity contribution in [3.05, 3.63) is 46.7 Å². The Hall–Kier alpha value is -1.79. The summed E-state index contributed by atoms with van der Waals surface area (Å²) in [5.41, 5.74) is -0.346. The van der Waals surface area contributed by atoms with Gasteiger partial charge in [-0.1, -0.05) is 12.1 Å². The van der Waals surface area contributed by atoms with E-state index in [1.54, 1.807) is 12.3 Å². The van der Waals surface area contributed by atoms with Gasteiger partial charge in [-0.25, -0.2) is 9.37 Å². The van der Waals surface area contributed by atoms with Gasteiger partial charge in [-0.15, -0.1) is 11.3 Å². The zero-order valence-corrected chi connectivity index (χ0v) is 11.4. The Morgan fingerprint density at radius 2 is 2.30 bits per heavy atom. The third-order valence-electron chi connectivity index (χ3n) is 3.19. The first-order valence-electron chi connectivity index (χ1n) is 6.28. The van der Waals surface area contributed by atoms with Crippen molar-refractivity contribution in [3.8, 4) is 0 Å². The van der Waals surface area contributed by atoms with E-state index in [1.807, 2.05) is 6.07 Å². The molecule has 1 aliphatic rings. The minimum absolute atomic E-state index is 0.267. The monoisotopic (exact) mass is 292 g/mol. The van der Waals surface area contributed by atoms with Crippen molar-refractivity contribution in [2.75, 3.05) is 5.32 Å². The summed E-state index contributed by atoms with van der Waals surface area (Å²) >= 11 is 1.33. The van der Waals surface area contributed by atoms with Gasteiger partial charge in [-0.05, 0) is 30.5 Å². The fourth-order valence-corrected chi connectivity index (χ4v) is 2.70. The van der Waals surface area contributed by atoms with Gasteiger partial charge in [0.25, 0.3) is 5.91 Å². The first-order valence-corrected chi connectivity index (χ1v) is 7.10. The lowest BCUT2D eigenvalue weighted by Gasteiger charge is -2.05. The third kappa shape index (κ3) is 2.86. The number of carbonyl (C=O) groups excluding carboxylic acids is 1. The van der Waals surface area contributed by atoms with E-state index in [0.29, 0.717) is 24.4 Å². The Morgan fingerprint density at radius 3 is 3.00 bits per heavy atom. The number of benzene rings is 1. The van der Waals surface area contributed by atoms with Gasteiger partial charge < -0.3 is 5.11 Å². The van der Waals surface area contributed by atoms with E-state index in [9.17, 15) is 14.3 Å². The second-order valence-corrected chi connectivity index (χ2v) is 6.04. The molecule has 2 aromatic rings. The average Bonchev–Trinajstić information content (AvgIpc) is 3.01. The third-order valence-corrected chi connectivity index (χ3v) is 4.10. The number of hydrogen-bond donors (Lipinski definition) is 2. The van der Waals surface area contributed by atoms with Crippen LogP contribution in [0, 0.1) is 5.82 Å². The highest BCUT2D eigenvalue weighted by atomic mass is 32.1. The summed E-state index contributed by atoms with van der Waals surface area (Å²) in [6.45, 7) is 0. The molecule has 0 aliphatic heterocycles. The average molecular weight is 292 g/mol. The van der Waals surface area contributed by atoms with E-state index in [4.69, 9.17) is 0 Å². The van der Waals surface area contributed by atoms with Gasteiger partial charge in [0, 0.05) is 17.5 Å². The number of aromatic nitrogens is 1. The second-order valence-electron chi connectivity index (χ2n) is 4.92. The first-order chi connectivity index (χ1) is 9.55. The summed E-state index contributed by atoms with van der Waals surface area (Å²) in [6, 6.07) is 6.38. The van der Waals surface area contributed by atoms with Gasteiger partial charge in [-0.3, -0.25) is 10.1 Å². The van der Waals surface area contributed by atoms with Crippen LogP contribution in [-0.2, 0) is 11.2 Å². The Morgan fingerprint density at radius 1 is 1.50 bits per heavy atom. The van der Waals surface area contributed by atoms with Crippen molar-refractivity contribution >= 4 is 22.4 Å². The van der Waals surface area contributed by atoms with Crippen LogP contribution in [-0.4, -0.2) is 21.6 Å². The first kappa shape index (κ1) is 13.2. The molecule has 0 atom stereocenters. The van der Waals surface area contributed by atoms with Crippen molar-refractivity contribution < 1.29 is 14.3 Å². The predicted octanol–water partition coefficient (Wildman–Crippen LogP) is 2.34. The molecule has 6 heteroatoms. The van der Waals surface area contributed by atoms with Crippen molar-refractivity contribution in [3.63, 3.8) is 0 Å². The second kappa shape index (κ2) is 4.96. The minimum Gasteiger partial charge on any atom is -0.380 e. The largest absolute Gasteiger partial charge is 0.380 e. The van der Waals surface area contributed by atoms with Gasteiger partial charge in [0.05, 0.1) is 0 Å². The summed E-state index contributed by atoms with van der Waals surface area (Å²) in [6.07, 6.45) is 3.22. The highest BCUT2D eigenvalue weighted by Gasteiger charge is 2.48. The Bertz CT molecular complexity index is 652. The van der Waals surface area contributed by atoms with Crippen LogP contribution >= 0.6 is 11.3 Å². The number of aliphatic hydroxyl groups is 1. The zero-order chi connectivity index (χ0) is 14.2. The minimum atomic E-state index is -1.20. The Labute approximate surface area is 119 Å². The van der Waals surface area contributed by atoms with Crippen LogP contribution in [0.1, 0.15) is 23.3 Å². The lowest BCUT2D eigenvalue weighted by Crippen LogP contribution is -2.29. The van der Waals surface area contributed by atoms with Crippen molar-refractivity contribution in [1.82, 2.24) is 4.98 Å². The molecular weight excluding hydrogens is 279 g/mol. The number of carbonyl (C=O) groups is 1. The molecule has 1 aromatic carbocycles. The molecule has 0 spiro atoms. The molecule has 20 heavy (non-hydrogen) atoms. The predicted molar refractivity (Wildman–Crippen MR) is 74.1 cm³/mol. The maximum Gasteiger partial charge on any atom is 0.258 e. The number of hydrogen-bond acceptors (Lipinski definition) is 4. The molecule has 1 saturated carbocycles. The molecule has 1 aliphatic carbocycles. The molecule has 3 rings (SSSR count). The summed E-state index contributed by atoms with van der Waals surface area (Å²) in [5, 5.41) is 12.7. The molecule has 0 bridgehead atoms. The van der Waals surface area contributed by atoms with Gasteiger partial charge in [0.15, 0.2) is 5.13 Å². The summed E-state index contributed by atoms with van der Waals surface area (Å²) in [7, 11) is 0. The lowest BCUT2D eigenvalue weighted by atomic mass is 10.1. The van der Waals surface area contributed by atoms with E-state index in [0.717, 1.165) is 10.4 Å². The molecule has 0 unspecified atom stereocenters. The lowest BCUT2D eigenvalue weighted by molar-refractivity contribution is -0.125. The Kier molecular flexibility index (Phi) is 3.27. The molecule has 1 amide bonds. The maximum atomic E-state index is 13.1. The smallest absolute Gasteiger partial charge is 0.258 e. The molecule has 0 radical (unpaired) electrons. The summed E-state index contributed by atoms with van der Waals surface area (Å²) < 4.78 is 13.1. The molecule has 2 N–H and O–H groups in total. The zero-order valence-electron chi connectivity index (χ0n) is 10.6. The number of thiazole rings is 1. The van der Waals surface area contributed by atoms with E-state index in [-0.39, 0.29) is 5.82 Å². The highest BCUT2D eigenvalue weighted by Crippen LogP contribution is 2.36. The maximum absolute atomic E-state index is 13.1. The van der Waals surface area contributed by atoms with Crippen LogP contribution in [0.5, 0.6) is 0 Å². The van der Waals surface area contributed by atoms with Crippen LogP contribution in [0.4, 0.5) is 9.52 Å². The number of nitrogens with zero attached hydrogens (tertiary/aromatic N) is 1. The number of amides is 1. The Balaban J connectivity index is 1.66. The molecule has 1 fully saturated rings. The topological polar surface area (TPSA) is 62.2 Å². The number of rotatable bonds is 4. The number of anilines is 1. The van der Waals surface area contributed by atoms with Crippen LogP contribution in [0.2, 0.25) is 0 Å². The number of halogens is 1. The van der Waals surface area contributed by atoms with Crippen LogP contribution in [0.15, 0.2) is 30.5 Å². The van der Waals surface area contributed by atoms with Crippen molar-refractivity contribution in [2.24, 2.45) is 0 Å². The van der Waals surface area contributed by atoms with Crippen molar-refractivity contribution in [1.29, 1.82) is 0 Å². The van der Waals surface area contributed by atoms with E-state index >= 15 is 0 Å². The molecule has 1 aromatic heterocycles. The molecule has 0 saturated heterocycles. The molecule has 1 heterocycles. The molecule has 104 valence electrons. The molecular formula is C14H13FN2O2S. The summed E-state index contributed by atoms with van der Waals surface area (Å²) in [5.74, 6) is -0.666. The molecule has 4 nitrogen and oxygen atoms in total. The fourth-order valence-electron chi connectivity index (χ4n) is 1.85. The standard InChI is InChI=1S/C14H13FN2O2S/c15-10-3-1-2-9(6-10)7-11-8-16-13(20-11)17-12(18)14(19)4-5-14/h1-3,6,8,19H,4-5,7H2,(H,16,17,18). The quantitative estimate of drug-likeness (QED) is 0.909. The van der Waals surface area contributed by atoms with Gasteiger partial charge in [-0.2, -0.15) is 0 Å². The fraction of sp³-hybridized carbons (Fsp3) is 0.286. The van der Waals surface area contributed by atoms with E-state index in [1.165, 1.54) is 23.5 Å². The van der Waals surface area contributed by atoms with Crippen LogP contribution in [0.3, 0.4) is 0 Å². The van der Waals surface area contributed by atoms with Crippen LogP contribution < -0.4 is 5.32 Å². The highest BCUT2D eigenvalue weighted by molar-refractivity contribution is 7.15. The van der Waals surface area contributed by atoms with Crippen molar-refractivity contribution in [2.45, 2.75) is 24.9 Å².